The quantitative estimate of drug-likeness (QED) is 0.661. The second-order valence-electron chi connectivity index (χ2n) is 3.45. The van der Waals surface area contributed by atoms with Gasteiger partial charge in [-0.15, -0.1) is 0 Å². The Morgan fingerprint density at radius 1 is 1.17 bits per heavy atom. The van der Waals surface area contributed by atoms with Crippen LogP contribution < -0.4 is 5.32 Å². The number of hydrogen-bond donors (Lipinski definition) is 1. The fourth-order valence-electron chi connectivity index (χ4n) is 1.41. The molecule has 1 heterocycles. The molecule has 0 radical (unpaired) electrons. The first-order valence-electron chi connectivity index (χ1n) is 5.14. The molecule has 0 bridgehead atoms. The number of pyridine rings is 1. The molecule has 1 aromatic carbocycles. The third-order valence-corrected chi connectivity index (χ3v) is 2.25. The van der Waals surface area contributed by atoms with Gasteiger partial charge in [-0.2, -0.15) is 0 Å². The molecule has 2 aromatic rings. The highest BCUT2D eigenvalue weighted by molar-refractivity contribution is 6.04. The highest BCUT2D eigenvalue weighted by Crippen LogP contribution is 2.20. The maximum Gasteiger partial charge on any atom is 0.311 e. The van der Waals surface area contributed by atoms with Gasteiger partial charge in [0.05, 0.1) is 4.92 Å². The largest absolute Gasteiger partial charge is 0.311 e. The number of carbonyl (C=O) groups excluding carboxylic acids is 1. The number of anilines is 1. The summed E-state index contributed by atoms with van der Waals surface area (Å²) in [7, 11) is 0. The summed E-state index contributed by atoms with van der Waals surface area (Å²) >= 11 is 0. The zero-order chi connectivity index (χ0) is 13.0. The molecular weight excluding hydrogens is 234 g/mol. The predicted molar refractivity (Wildman–Crippen MR) is 65.3 cm³/mol. The fourth-order valence-corrected chi connectivity index (χ4v) is 1.41. The van der Waals surface area contributed by atoms with Gasteiger partial charge in [0, 0.05) is 17.8 Å². The molecule has 0 aliphatic carbocycles. The Balaban J connectivity index is 2.25. The van der Waals surface area contributed by atoms with Crippen molar-refractivity contribution in [3.8, 4) is 0 Å². The Bertz CT molecular complexity index is 584. The summed E-state index contributed by atoms with van der Waals surface area (Å²) in [6, 6.07) is 11.2. The molecule has 0 aliphatic rings. The molecular formula is C12H9N3O3. The van der Waals surface area contributed by atoms with Crippen molar-refractivity contribution in [3.63, 3.8) is 0 Å². The average Bonchev–Trinajstić information content (AvgIpc) is 2.40. The first-order chi connectivity index (χ1) is 8.68. The van der Waals surface area contributed by atoms with Crippen molar-refractivity contribution in [2.24, 2.45) is 0 Å². The van der Waals surface area contributed by atoms with Gasteiger partial charge in [0.1, 0.15) is 0 Å². The number of nitrogens with one attached hydrogen (secondary N) is 1. The van der Waals surface area contributed by atoms with Gasteiger partial charge in [-0.05, 0) is 18.2 Å². The van der Waals surface area contributed by atoms with Crippen molar-refractivity contribution in [2.45, 2.75) is 0 Å². The molecule has 0 aliphatic heterocycles. The second-order valence-corrected chi connectivity index (χ2v) is 3.45. The number of nitro groups is 1. The zero-order valence-corrected chi connectivity index (χ0v) is 9.24. The smallest absolute Gasteiger partial charge is 0.301 e. The van der Waals surface area contributed by atoms with Crippen molar-refractivity contribution >= 4 is 17.4 Å². The Morgan fingerprint density at radius 3 is 2.56 bits per heavy atom. The van der Waals surface area contributed by atoms with Crippen LogP contribution in [0.25, 0.3) is 0 Å². The van der Waals surface area contributed by atoms with E-state index in [9.17, 15) is 14.9 Å². The monoisotopic (exact) mass is 243 g/mol. The lowest BCUT2D eigenvalue weighted by Gasteiger charge is -2.04. The van der Waals surface area contributed by atoms with Crippen molar-refractivity contribution < 1.29 is 9.72 Å². The van der Waals surface area contributed by atoms with Crippen molar-refractivity contribution in [1.82, 2.24) is 4.98 Å². The number of rotatable bonds is 3. The van der Waals surface area contributed by atoms with Crippen LogP contribution in [0, 0.1) is 10.1 Å². The average molecular weight is 243 g/mol. The van der Waals surface area contributed by atoms with Crippen LogP contribution in [0.1, 0.15) is 10.4 Å². The molecule has 2 rings (SSSR count). The van der Waals surface area contributed by atoms with Crippen LogP contribution in [0.3, 0.4) is 0 Å². The van der Waals surface area contributed by atoms with E-state index >= 15 is 0 Å². The summed E-state index contributed by atoms with van der Waals surface area (Å²) in [6.07, 6.45) is 1.38. The molecule has 0 saturated heterocycles. The van der Waals surface area contributed by atoms with E-state index in [0.29, 0.717) is 5.56 Å². The molecule has 0 saturated carbocycles. The van der Waals surface area contributed by atoms with Crippen LogP contribution in [0.4, 0.5) is 11.5 Å². The summed E-state index contributed by atoms with van der Waals surface area (Å²) in [5.41, 5.74) is 0.180. The van der Waals surface area contributed by atoms with Gasteiger partial charge in [-0.25, -0.2) is 4.98 Å². The predicted octanol–water partition coefficient (Wildman–Crippen LogP) is 2.24. The Labute approximate surface area is 102 Å². The number of amides is 1. The van der Waals surface area contributed by atoms with Gasteiger partial charge in [-0.1, -0.05) is 18.2 Å². The topological polar surface area (TPSA) is 85.1 Å². The van der Waals surface area contributed by atoms with Crippen LogP contribution in [-0.4, -0.2) is 15.8 Å². The van der Waals surface area contributed by atoms with Gasteiger partial charge in [0.25, 0.3) is 5.91 Å². The number of hydrogen-bond acceptors (Lipinski definition) is 4. The molecule has 18 heavy (non-hydrogen) atoms. The number of benzene rings is 1. The number of nitrogens with zero attached hydrogens (tertiary/aromatic N) is 2. The fraction of sp³-hybridized carbons (Fsp3) is 0. The first-order valence-corrected chi connectivity index (χ1v) is 5.14. The van der Waals surface area contributed by atoms with E-state index in [1.165, 1.54) is 18.3 Å². The minimum absolute atomic E-state index is 0.0589. The van der Waals surface area contributed by atoms with Crippen molar-refractivity contribution in [2.75, 3.05) is 5.32 Å². The summed E-state index contributed by atoms with van der Waals surface area (Å²) in [4.78, 5) is 25.8. The summed E-state index contributed by atoms with van der Waals surface area (Å²) < 4.78 is 0. The third-order valence-electron chi connectivity index (χ3n) is 2.25. The third kappa shape index (κ3) is 2.49. The van der Waals surface area contributed by atoms with Crippen LogP contribution in [0.15, 0.2) is 48.7 Å². The molecule has 1 aromatic heterocycles. The zero-order valence-electron chi connectivity index (χ0n) is 9.24. The van der Waals surface area contributed by atoms with Crippen LogP contribution >= 0.6 is 0 Å². The minimum Gasteiger partial charge on any atom is -0.301 e. The van der Waals surface area contributed by atoms with Gasteiger partial charge in [0.2, 0.25) is 5.82 Å². The molecule has 6 heteroatoms. The van der Waals surface area contributed by atoms with E-state index in [4.69, 9.17) is 0 Å². The van der Waals surface area contributed by atoms with E-state index in [0.717, 1.165) is 0 Å². The summed E-state index contributed by atoms with van der Waals surface area (Å²) in [5.74, 6) is -0.492. The maximum absolute atomic E-state index is 11.8. The molecule has 6 nitrogen and oxygen atoms in total. The molecule has 0 unspecified atom stereocenters. The highest BCUT2D eigenvalue weighted by Gasteiger charge is 2.16. The molecule has 0 spiro atoms. The number of aromatic nitrogens is 1. The normalized spacial score (nSPS) is 9.78. The van der Waals surface area contributed by atoms with Crippen molar-refractivity contribution in [3.05, 3.63) is 64.3 Å². The van der Waals surface area contributed by atoms with E-state index in [1.807, 2.05) is 0 Å². The Hall–Kier alpha value is -2.76. The molecule has 90 valence electrons. The maximum atomic E-state index is 11.8. The van der Waals surface area contributed by atoms with Gasteiger partial charge >= 0.3 is 5.69 Å². The Morgan fingerprint density at radius 2 is 1.89 bits per heavy atom. The van der Waals surface area contributed by atoms with Crippen LogP contribution in [-0.2, 0) is 0 Å². The van der Waals surface area contributed by atoms with Gasteiger partial charge in [-0.3, -0.25) is 14.9 Å². The summed E-state index contributed by atoms with van der Waals surface area (Å²) in [6.45, 7) is 0. The van der Waals surface area contributed by atoms with Gasteiger partial charge < -0.3 is 5.32 Å². The lowest BCUT2D eigenvalue weighted by Crippen LogP contribution is -2.14. The highest BCUT2D eigenvalue weighted by atomic mass is 16.6. The standard InChI is InChI=1S/C12H9N3O3/c16-12(9-5-2-1-3-6-9)14-11-10(15(17)18)7-4-8-13-11/h1-8H,(H,13,14,16). The molecule has 0 fully saturated rings. The minimum atomic E-state index is -0.590. The van der Waals surface area contributed by atoms with Crippen LogP contribution in [0.5, 0.6) is 0 Å². The van der Waals surface area contributed by atoms with E-state index in [2.05, 4.69) is 10.3 Å². The van der Waals surface area contributed by atoms with E-state index in [1.54, 1.807) is 30.3 Å². The lowest BCUT2D eigenvalue weighted by atomic mass is 10.2. The van der Waals surface area contributed by atoms with E-state index < -0.39 is 10.8 Å². The SMILES string of the molecule is O=C(Nc1ncccc1[N+](=O)[O-])c1ccccc1. The van der Waals surface area contributed by atoms with Crippen molar-refractivity contribution in [1.29, 1.82) is 0 Å². The Kier molecular flexibility index (Phi) is 3.29. The summed E-state index contributed by atoms with van der Waals surface area (Å²) in [5, 5.41) is 13.2. The van der Waals surface area contributed by atoms with Gasteiger partial charge in [0.15, 0.2) is 0 Å². The molecule has 0 atom stereocenters. The van der Waals surface area contributed by atoms with E-state index in [-0.39, 0.29) is 11.5 Å². The lowest BCUT2D eigenvalue weighted by molar-refractivity contribution is -0.384. The first kappa shape index (κ1) is 11.7. The molecule has 1 N–H and O–H groups in total. The second kappa shape index (κ2) is 5.05. The number of carbonyl (C=O) groups is 1. The van der Waals surface area contributed by atoms with Crippen LogP contribution in [0.2, 0.25) is 0 Å². The molecule has 1 amide bonds.